The van der Waals surface area contributed by atoms with Gasteiger partial charge in [0.25, 0.3) is 0 Å². The van der Waals surface area contributed by atoms with Crippen molar-refractivity contribution in [3.05, 3.63) is 59.5 Å². The maximum atomic E-state index is 12.9. The molecule has 2 aromatic rings. The first-order valence-corrected chi connectivity index (χ1v) is 8.48. The van der Waals surface area contributed by atoms with Gasteiger partial charge < -0.3 is 14.4 Å². The first kappa shape index (κ1) is 18.5. The molecule has 26 heavy (non-hydrogen) atoms. The summed E-state index contributed by atoms with van der Waals surface area (Å²) in [5.41, 5.74) is -1.88. The van der Waals surface area contributed by atoms with Crippen LogP contribution >= 0.6 is 0 Å². The van der Waals surface area contributed by atoms with Crippen molar-refractivity contribution < 1.29 is 27.5 Å². The summed E-state index contributed by atoms with van der Waals surface area (Å²) in [4.78, 5) is 13.9. The largest absolute Gasteiger partial charge is 0.469 e. The second-order valence-corrected chi connectivity index (χ2v) is 6.57. The number of piperidine rings is 1. The molecule has 0 atom stereocenters. The summed E-state index contributed by atoms with van der Waals surface area (Å²) >= 11 is 0. The molecule has 0 radical (unpaired) electrons. The summed E-state index contributed by atoms with van der Waals surface area (Å²) in [6.45, 7) is 0.619. The molecule has 0 bridgehead atoms. The lowest BCUT2D eigenvalue weighted by molar-refractivity contribution is -0.137. The molecule has 1 N–H and O–H groups in total. The summed E-state index contributed by atoms with van der Waals surface area (Å²) in [5.74, 6) is 0.684. The Labute approximate surface area is 149 Å². The van der Waals surface area contributed by atoms with E-state index in [2.05, 4.69) is 0 Å². The van der Waals surface area contributed by atoms with Crippen LogP contribution in [-0.2, 0) is 23.0 Å². The van der Waals surface area contributed by atoms with E-state index in [-0.39, 0.29) is 24.3 Å². The van der Waals surface area contributed by atoms with Crippen LogP contribution in [-0.4, -0.2) is 29.0 Å². The number of rotatable bonds is 4. The van der Waals surface area contributed by atoms with E-state index in [0.29, 0.717) is 25.9 Å². The summed E-state index contributed by atoms with van der Waals surface area (Å²) in [7, 11) is 0. The van der Waals surface area contributed by atoms with Gasteiger partial charge in [-0.2, -0.15) is 13.2 Å². The van der Waals surface area contributed by atoms with E-state index >= 15 is 0 Å². The molecular weight excluding hydrogens is 347 g/mol. The predicted molar refractivity (Wildman–Crippen MR) is 88.2 cm³/mol. The number of nitrogens with zero attached hydrogens (tertiary/aromatic N) is 1. The highest BCUT2D eigenvalue weighted by Crippen LogP contribution is 2.36. The molecule has 1 amide bonds. The molecule has 2 heterocycles. The molecule has 7 heteroatoms. The lowest BCUT2D eigenvalue weighted by atomic mass is 9.83. The van der Waals surface area contributed by atoms with Crippen LogP contribution in [0.3, 0.4) is 0 Å². The molecular formula is C19H20F3NO3. The first-order chi connectivity index (χ1) is 12.3. The minimum absolute atomic E-state index is 0.0486. The molecule has 1 aromatic heterocycles. The van der Waals surface area contributed by atoms with Crippen LogP contribution in [0.2, 0.25) is 0 Å². The topological polar surface area (TPSA) is 53.7 Å². The fraction of sp³-hybridized carbons (Fsp3) is 0.421. The highest BCUT2D eigenvalue weighted by Gasteiger charge is 2.37. The molecule has 1 fully saturated rings. The Kier molecular flexibility index (Phi) is 5.09. The number of amides is 1. The van der Waals surface area contributed by atoms with Gasteiger partial charge in [0.15, 0.2) is 0 Å². The van der Waals surface area contributed by atoms with Gasteiger partial charge in [0.2, 0.25) is 5.91 Å². The zero-order valence-corrected chi connectivity index (χ0v) is 14.1. The lowest BCUT2D eigenvalue weighted by Crippen LogP contribution is -2.45. The smallest absolute Gasteiger partial charge is 0.416 e. The van der Waals surface area contributed by atoms with Gasteiger partial charge in [-0.15, -0.1) is 0 Å². The average molecular weight is 367 g/mol. The molecule has 3 rings (SSSR count). The summed E-state index contributed by atoms with van der Waals surface area (Å²) in [6, 6.07) is 8.35. The van der Waals surface area contributed by atoms with Gasteiger partial charge in [0.05, 0.1) is 17.4 Å². The normalized spacial score (nSPS) is 17.3. The Bertz CT molecular complexity index is 748. The van der Waals surface area contributed by atoms with Crippen molar-refractivity contribution >= 4 is 5.91 Å². The van der Waals surface area contributed by atoms with Crippen molar-refractivity contribution in [2.75, 3.05) is 13.1 Å². The Hall–Kier alpha value is -2.28. The first-order valence-electron chi connectivity index (χ1n) is 8.48. The lowest BCUT2D eigenvalue weighted by Gasteiger charge is -2.38. The van der Waals surface area contributed by atoms with Gasteiger partial charge >= 0.3 is 6.18 Å². The van der Waals surface area contributed by atoms with E-state index in [9.17, 15) is 23.1 Å². The number of hydrogen-bond donors (Lipinski definition) is 1. The number of alkyl halides is 3. The molecule has 1 aliphatic heterocycles. The second-order valence-electron chi connectivity index (χ2n) is 6.57. The molecule has 0 saturated carbocycles. The van der Waals surface area contributed by atoms with Crippen molar-refractivity contribution in [1.82, 2.24) is 4.90 Å². The molecule has 1 saturated heterocycles. The number of hydrogen-bond acceptors (Lipinski definition) is 3. The van der Waals surface area contributed by atoms with Gasteiger partial charge in [-0.05, 0) is 42.7 Å². The fourth-order valence-corrected chi connectivity index (χ4v) is 3.24. The number of furan rings is 1. The number of likely N-dealkylation sites (tertiary alicyclic amines) is 1. The van der Waals surface area contributed by atoms with Crippen LogP contribution in [0.25, 0.3) is 0 Å². The molecule has 0 spiro atoms. The van der Waals surface area contributed by atoms with Crippen LogP contribution in [0.15, 0.2) is 47.1 Å². The third-order valence-corrected chi connectivity index (χ3v) is 4.84. The number of halogens is 3. The van der Waals surface area contributed by atoms with Crippen molar-refractivity contribution in [2.24, 2.45) is 0 Å². The minimum atomic E-state index is -4.45. The third kappa shape index (κ3) is 4.09. The molecule has 0 unspecified atom stereocenters. The van der Waals surface area contributed by atoms with E-state index in [1.165, 1.54) is 12.1 Å². The number of carbonyl (C=O) groups is 1. The van der Waals surface area contributed by atoms with Crippen LogP contribution in [0, 0.1) is 0 Å². The Morgan fingerprint density at radius 3 is 2.54 bits per heavy atom. The van der Waals surface area contributed by atoms with Gasteiger partial charge in [-0.3, -0.25) is 4.79 Å². The predicted octanol–water partition coefficient (Wildman–Crippen LogP) is 3.74. The van der Waals surface area contributed by atoms with E-state index < -0.39 is 17.3 Å². The van der Waals surface area contributed by atoms with Gasteiger partial charge in [-0.1, -0.05) is 12.1 Å². The summed E-state index contributed by atoms with van der Waals surface area (Å²) in [6.07, 6.45) is -1.68. The molecule has 1 aliphatic rings. The quantitative estimate of drug-likeness (QED) is 0.896. The number of aryl methyl sites for hydroxylation is 1. The molecule has 140 valence electrons. The van der Waals surface area contributed by atoms with Crippen LogP contribution in [0.4, 0.5) is 13.2 Å². The Morgan fingerprint density at radius 2 is 1.92 bits per heavy atom. The standard InChI is InChI=1S/C19H20F3NO3/c20-19(21,22)15-4-1-3-14(13-15)18(25)8-10-23(11-9-18)17(24)7-6-16-5-2-12-26-16/h1-5,12-13,25H,6-11H2. The van der Waals surface area contributed by atoms with E-state index in [4.69, 9.17) is 4.42 Å². The SMILES string of the molecule is O=C(CCc1ccco1)N1CCC(O)(c2cccc(C(F)(F)F)c2)CC1. The zero-order chi connectivity index (χ0) is 18.8. The number of aliphatic hydroxyl groups is 1. The van der Waals surface area contributed by atoms with E-state index in [1.54, 1.807) is 23.3 Å². The van der Waals surface area contributed by atoms with Crippen molar-refractivity contribution in [2.45, 2.75) is 37.5 Å². The maximum absolute atomic E-state index is 12.9. The Morgan fingerprint density at radius 1 is 1.19 bits per heavy atom. The summed E-state index contributed by atoms with van der Waals surface area (Å²) in [5, 5.41) is 10.8. The number of carbonyl (C=O) groups excluding carboxylic acids is 1. The van der Waals surface area contributed by atoms with Gasteiger partial charge in [0, 0.05) is 25.9 Å². The van der Waals surface area contributed by atoms with E-state index in [1.807, 2.05) is 0 Å². The maximum Gasteiger partial charge on any atom is 0.416 e. The third-order valence-electron chi connectivity index (χ3n) is 4.84. The molecule has 1 aromatic carbocycles. The van der Waals surface area contributed by atoms with Crippen LogP contribution < -0.4 is 0 Å². The highest BCUT2D eigenvalue weighted by atomic mass is 19.4. The van der Waals surface area contributed by atoms with Crippen LogP contribution in [0.1, 0.15) is 36.1 Å². The van der Waals surface area contributed by atoms with Crippen molar-refractivity contribution in [3.63, 3.8) is 0 Å². The van der Waals surface area contributed by atoms with Crippen molar-refractivity contribution in [1.29, 1.82) is 0 Å². The fourth-order valence-electron chi connectivity index (χ4n) is 3.24. The number of benzene rings is 1. The molecule has 4 nitrogen and oxygen atoms in total. The Balaban J connectivity index is 1.61. The highest BCUT2D eigenvalue weighted by molar-refractivity contribution is 5.76. The zero-order valence-electron chi connectivity index (χ0n) is 14.1. The van der Waals surface area contributed by atoms with E-state index in [0.717, 1.165) is 17.9 Å². The average Bonchev–Trinajstić information content (AvgIpc) is 3.13. The monoisotopic (exact) mass is 367 g/mol. The van der Waals surface area contributed by atoms with Crippen molar-refractivity contribution in [3.8, 4) is 0 Å². The van der Waals surface area contributed by atoms with Gasteiger partial charge in [0.1, 0.15) is 5.76 Å². The van der Waals surface area contributed by atoms with Crippen LogP contribution in [0.5, 0.6) is 0 Å². The second kappa shape index (κ2) is 7.15. The molecule has 0 aliphatic carbocycles. The minimum Gasteiger partial charge on any atom is -0.469 e. The summed E-state index contributed by atoms with van der Waals surface area (Å²) < 4.78 is 43.9. The van der Waals surface area contributed by atoms with Gasteiger partial charge in [-0.25, -0.2) is 0 Å².